The summed E-state index contributed by atoms with van der Waals surface area (Å²) in [5.74, 6) is 0.397. The molecule has 0 aromatic carbocycles. The van der Waals surface area contributed by atoms with E-state index in [1.54, 1.807) is 13.8 Å². The zero-order chi connectivity index (χ0) is 17.1. The number of hydrogen-bond acceptors (Lipinski definition) is 6. The number of halogens is 2. The van der Waals surface area contributed by atoms with Gasteiger partial charge in [-0.2, -0.15) is 9.37 Å². The Bertz CT molecular complexity index is 702. The van der Waals surface area contributed by atoms with Crippen LogP contribution in [0.25, 0.3) is 0 Å². The van der Waals surface area contributed by atoms with Crippen LogP contribution in [-0.4, -0.2) is 39.6 Å². The van der Waals surface area contributed by atoms with Crippen LogP contribution in [0.2, 0.25) is 0 Å². The number of nitrogens with zero attached hydrogens (tertiary/aromatic N) is 5. The maximum Gasteiger partial charge on any atom is 0.254 e. The Morgan fingerprint density at radius 3 is 2.46 bits per heavy atom. The Labute approximate surface area is 138 Å². The zero-order valence-electron chi connectivity index (χ0n) is 13.7. The second-order valence-corrected chi connectivity index (χ2v) is 5.92. The topological polar surface area (TPSA) is 64.0 Å². The third kappa shape index (κ3) is 3.74. The van der Waals surface area contributed by atoms with Gasteiger partial charge in [0.2, 0.25) is 11.8 Å². The smallest absolute Gasteiger partial charge is 0.254 e. The van der Waals surface area contributed by atoms with Gasteiger partial charge < -0.3 is 9.64 Å². The van der Waals surface area contributed by atoms with E-state index in [0.717, 1.165) is 25.9 Å². The van der Waals surface area contributed by atoms with E-state index in [-0.39, 0.29) is 5.88 Å². The van der Waals surface area contributed by atoms with E-state index in [2.05, 4.69) is 19.9 Å². The molecule has 0 aliphatic carbocycles. The maximum atomic E-state index is 13.9. The monoisotopic (exact) mass is 335 g/mol. The van der Waals surface area contributed by atoms with Crippen LogP contribution in [0.5, 0.6) is 5.88 Å². The van der Waals surface area contributed by atoms with E-state index < -0.39 is 11.6 Å². The minimum absolute atomic E-state index is 0.0179. The van der Waals surface area contributed by atoms with Crippen molar-refractivity contribution < 1.29 is 13.5 Å². The van der Waals surface area contributed by atoms with E-state index in [9.17, 15) is 8.78 Å². The number of aryl methyl sites for hydroxylation is 2. The predicted molar refractivity (Wildman–Crippen MR) is 83.9 cm³/mol. The van der Waals surface area contributed by atoms with Crippen LogP contribution < -0.4 is 9.64 Å². The van der Waals surface area contributed by atoms with Crippen LogP contribution in [0.4, 0.5) is 14.7 Å². The molecule has 0 spiro atoms. The zero-order valence-corrected chi connectivity index (χ0v) is 13.7. The third-order valence-corrected chi connectivity index (χ3v) is 4.06. The lowest BCUT2D eigenvalue weighted by molar-refractivity contribution is 0.206. The Morgan fingerprint density at radius 1 is 1.12 bits per heavy atom. The van der Waals surface area contributed by atoms with Crippen molar-refractivity contribution in [3.8, 4) is 5.88 Å². The molecule has 2 aromatic heterocycles. The molecule has 0 saturated carbocycles. The van der Waals surface area contributed by atoms with Crippen LogP contribution >= 0.6 is 0 Å². The Balaban J connectivity index is 1.53. The normalized spacial score (nSPS) is 15.6. The number of hydrogen-bond donors (Lipinski definition) is 0. The molecule has 6 nitrogen and oxygen atoms in total. The fraction of sp³-hybridized carbons (Fsp3) is 0.500. The number of aromatic nitrogens is 4. The summed E-state index contributed by atoms with van der Waals surface area (Å²) < 4.78 is 32.4. The first kappa shape index (κ1) is 16.5. The fourth-order valence-electron chi connectivity index (χ4n) is 2.73. The predicted octanol–water partition coefficient (Wildman–Crippen LogP) is 2.46. The quantitative estimate of drug-likeness (QED) is 0.855. The van der Waals surface area contributed by atoms with E-state index in [0.29, 0.717) is 30.0 Å². The van der Waals surface area contributed by atoms with E-state index in [1.807, 2.05) is 4.90 Å². The molecular formula is C16H19F2N5O. The van der Waals surface area contributed by atoms with Gasteiger partial charge in [-0.3, -0.25) is 0 Å². The van der Waals surface area contributed by atoms with Crippen LogP contribution in [0, 0.1) is 31.4 Å². The number of ether oxygens (including phenoxy) is 1. The number of piperidine rings is 1. The van der Waals surface area contributed by atoms with Crippen molar-refractivity contribution in [3.05, 3.63) is 35.5 Å². The van der Waals surface area contributed by atoms with E-state index in [4.69, 9.17) is 4.74 Å². The van der Waals surface area contributed by atoms with Crippen molar-refractivity contribution in [1.29, 1.82) is 0 Å². The summed E-state index contributed by atoms with van der Waals surface area (Å²) in [4.78, 5) is 18.0. The SMILES string of the molecule is Cc1nc(C)c(F)c(OCC2CCN(c3ncc(F)cn3)CC2)n1. The van der Waals surface area contributed by atoms with Gasteiger partial charge >= 0.3 is 0 Å². The number of anilines is 1. The molecule has 8 heteroatoms. The summed E-state index contributed by atoms with van der Waals surface area (Å²) in [7, 11) is 0. The minimum Gasteiger partial charge on any atom is -0.475 e. The molecule has 0 N–H and O–H groups in total. The van der Waals surface area contributed by atoms with Gasteiger partial charge in [-0.1, -0.05) is 0 Å². The highest BCUT2D eigenvalue weighted by atomic mass is 19.1. The fourth-order valence-corrected chi connectivity index (χ4v) is 2.73. The summed E-state index contributed by atoms with van der Waals surface area (Å²) in [5, 5.41) is 0. The van der Waals surface area contributed by atoms with Crippen molar-refractivity contribution in [3.63, 3.8) is 0 Å². The van der Waals surface area contributed by atoms with Crippen molar-refractivity contribution in [2.75, 3.05) is 24.6 Å². The molecule has 2 aromatic rings. The summed E-state index contributed by atoms with van der Waals surface area (Å²) in [6, 6.07) is 0. The van der Waals surface area contributed by atoms with Crippen molar-refractivity contribution in [2.24, 2.45) is 5.92 Å². The molecule has 24 heavy (non-hydrogen) atoms. The van der Waals surface area contributed by atoms with Gasteiger partial charge in [0.05, 0.1) is 24.7 Å². The first-order valence-corrected chi connectivity index (χ1v) is 7.89. The van der Waals surface area contributed by atoms with Gasteiger partial charge in [-0.25, -0.2) is 19.3 Å². The average Bonchev–Trinajstić information content (AvgIpc) is 2.58. The lowest BCUT2D eigenvalue weighted by atomic mass is 9.98. The molecule has 128 valence electrons. The highest BCUT2D eigenvalue weighted by Crippen LogP contribution is 2.23. The van der Waals surface area contributed by atoms with Gasteiger partial charge in [0.15, 0.2) is 5.82 Å². The van der Waals surface area contributed by atoms with Crippen molar-refractivity contribution in [2.45, 2.75) is 26.7 Å². The van der Waals surface area contributed by atoms with Crippen LogP contribution in [0.15, 0.2) is 12.4 Å². The summed E-state index contributed by atoms with van der Waals surface area (Å²) in [5.41, 5.74) is 0.292. The summed E-state index contributed by atoms with van der Waals surface area (Å²) in [6.07, 6.45) is 4.07. The Hall–Kier alpha value is -2.38. The Morgan fingerprint density at radius 2 is 1.79 bits per heavy atom. The van der Waals surface area contributed by atoms with Gasteiger partial charge in [0.1, 0.15) is 5.82 Å². The molecule has 1 fully saturated rings. The molecule has 0 unspecified atom stereocenters. The average molecular weight is 335 g/mol. The highest BCUT2D eigenvalue weighted by molar-refractivity contribution is 5.29. The molecule has 1 saturated heterocycles. The largest absolute Gasteiger partial charge is 0.475 e. The molecule has 0 amide bonds. The lowest BCUT2D eigenvalue weighted by Gasteiger charge is -2.31. The number of rotatable bonds is 4. The van der Waals surface area contributed by atoms with Crippen molar-refractivity contribution in [1.82, 2.24) is 19.9 Å². The molecular weight excluding hydrogens is 316 g/mol. The molecule has 3 rings (SSSR count). The van der Waals surface area contributed by atoms with Gasteiger partial charge in [0, 0.05) is 13.1 Å². The molecule has 0 atom stereocenters. The second kappa shape index (κ2) is 7.02. The van der Waals surface area contributed by atoms with Crippen molar-refractivity contribution >= 4 is 5.95 Å². The lowest BCUT2D eigenvalue weighted by Crippen LogP contribution is -2.36. The minimum atomic E-state index is -0.502. The first-order chi connectivity index (χ1) is 11.5. The highest BCUT2D eigenvalue weighted by Gasteiger charge is 2.22. The molecule has 0 radical (unpaired) electrons. The third-order valence-electron chi connectivity index (χ3n) is 4.06. The molecule has 3 heterocycles. The summed E-state index contributed by atoms with van der Waals surface area (Å²) in [6.45, 7) is 5.22. The van der Waals surface area contributed by atoms with Crippen LogP contribution in [0.3, 0.4) is 0 Å². The maximum absolute atomic E-state index is 13.9. The van der Waals surface area contributed by atoms with Gasteiger partial charge in [-0.05, 0) is 32.6 Å². The van der Waals surface area contributed by atoms with Crippen LogP contribution in [0.1, 0.15) is 24.4 Å². The van der Waals surface area contributed by atoms with E-state index in [1.165, 1.54) is 12.4 Å². The molecule has 1 aliphatic rings. The Kier molecular flexibility index (Phi) is 4.82. The summed E-state index contributed by atoms with van der Waals surface area (Å²) >= 11 is 0. The first-order valence-electron chi connectivity index (χ1n) is 7.89. The van der Waals surface area contributed by atoms with Gasteiger partial charge in [-0.15, -0.1) is 0 Å². The second-order valence-electron chi connectivity index (χ2n) is 5.92. The molecule has 1 aliphatic heterocycles. The standard InChI is InChI=1S/C16H19F2N5O/c1-10-14(18)15(22-11(2)21-10)24-9-12-3-5-23(6-4-12)16-19-7-13(17)8-20-16/h7-8,12H,3-6,9H2,1-2H3. The van der Waals surface area contributed by atoms with E-state index >= 15 is 0 Å². The van der Waals surface area contributed by atoms with Crippen LogP contribution in [-0.2, 0) is 0 Å². The molecule has 0 bridgehead atoms. The van der Waals surface area contributed by atoms with Gasteiger partial charge in [0.25, 0.3) is 5.88 Å².